The summed E-state index contributed by atoms with van der Waals surface area (Å²) in [6.45, 7) is 0. The van der Waals surface area contributed by atoms with Crippen molar-refractivity contribution in [2.24, 2.45) is 5.73 Å². The molecule has 1 aromatic carbocycles. The van der Waals surface area contributed by atoms with Gasteiger partial charge in [-0.25, -0.2) is 10.2 Å². The first kappa shape index (κ1) is 14.8. The van der Waals surface area contributed by atoms with Crippen molar-refractivity contribution in [3.63, 3.8) is 0 Å². The highest BCUT2D eigenvalue weighted by molar-refractivity contribution is 5.75. The van der Waals surface area contributed by atoms with E-state index < -0.39 is 12.0 Å². The number of nitrogens with one attached hydrogen (secondary N) is 1. The molecule has 0 unspecified atom stereocenters. The van der Waals surface area contributed by atoms with Crippen LogP contribution < -0.4 is 5.73 Å². The van der Waals surface area contributed by atoms with Crippen LogP contribution in [0.15, 0.2) is 24.3 Å². The number of ether oxygens (including phenoxy) is 1. The van der Waals surface area contributed by atoms with E-state index in [0.29, 0.717) is 6.42 Å². The Kier molecular flexibility index (Phi) is 7.01. The summed E-state index contributed by atoms with van der Waals surface area (Å²) in [5.74, 6) is -0.238. The van der Waals surface area contributed by atoms with E-state index >= 15 is 0 Å². The molecule has 92 valence electrons. The first-order valence-electron chi connectivity index (χ1n) is 4.70. The molecule has 17 heavy (non-hydrogen) atoms. The first-order chi connectivity index (χ1) is 8.04. The summed E-state index contributed by atoms with van der Waals surface area (Å²) in [6, 6.07) is 5.90. The number of phenolic OH excluding ortho intramolecular Hbond substituents is 1. The molecule has 4 N–H and O–H groups in total. The molecule has 0 spiro atoms. The van der Waals surface area contributed by atoms with E-state index in [1.54, 1.807) is 24.3 Å². The molecule has 0 saturated heterocycles. The molecule has 0 aromatic heterocycles. The number of carbonyl (C=O) groups excluding carboxylic acids is 2. The quantitative estimate of drug-likeness (QED) is 0.399. The molecular weight excluding hydrogens is 224 g/mol. The Bertz CT molecular complexity index is 383. The maximum absolute atomic E-state index is 11.0. The Labute approximate surface area is 98.5 Å². The van der Waals surface area contributed by atoms with Gasteiger partial charge in [-0.2, -0.15) is 0 Å². The third kappa shape index (κ3) is 6.09. The molecule has 0 fully saturated rings. The number of esters is 1. The van der Waals surface area contributed by atoms with Crippen molar-refractivity contribution >= 4 is 12.0 Å². The zero-order chi connectivity index (χ0) is 13.3. The van der Waals surface area contributed by atoms with E-state index in [-0.39, 0.29) is 5.75 Å². The number of rotatable bonds is 3. The highest BCUT2D eigenvalue weighted by Crippen LogP contribution is 2.10. The third-order valence-corrected chi connectivity index (χ3v) is 1.90. The predicted molar refractivity (Wildman–Crippen MR) is 60.2 cm³/mol. The molecule has 6 nitrogen and oxygen atoms in total. The van der Waals surface area contributed by atoms with E-state index in [2.05, 4.69) is 4.74 Å². The number of methoxy groups -OCH3 is 1. The molecule has 1 atom stereocenters. The molecule has 0 aliphatic rings. The average Bonchev–Trinajstić information content (AvgIpc) is 2.32. The number of isocyanates is 1. The van der Waals surface area contributed by atoms with Gasteiger partial charge in [-0.05, 0) is 24.1 Å². The summed E-state index contributed by atoms with van der Waals surface area (Å²) in [6.07, 6.45) is 1.16. The van der Waals surface area contributed by atoms with Crippen molar-refractivity contribution in [3.8, 4) is 5.75 Å². The van der Waals surface area contributed by atoms with E-state index in [0.717, 1.165) is 11.6 Å². The minimum absolute atomic E-state index is 0.195. The number of phenols is 1. The zero-order valence-electron chi connectivity index (χ0n) is 9.34. The van der Waals surface area contributed by atoms with Gasteiger partial charge in [0.1, 0.15) is 11.8 Å². The van der Waals surface area contributed by atoms with Gasteiger partial charge < -0.3 is 15.6 Å². The minimum Gasteiger partial charge on any atom is -0.508 e. The lowest BCUT2D eigenvalue weighted by Crippen LogP contribution is -2.33. The number of hydrogen-bond acceptors (Lipinski definition) is 6. The number of carbonyl (C=O) groups is 1. The number of aromatic hydroxyl groups is 1. The van der Waals surface area contributed by atoms with Crippen molar-refractivity contribution in [1.29, 1.82) is 5.41 Å². The fourth-order valence-corrected chi connectivity index (χ4v) is 1.12. The van der Waals surface area contributed by atoms with Crippen molar-refractivity contribution in [3.05, 3.63) is 29.8 Å². The van der Waals surface area contributed by atoms with Gasteiger partial charge >= 0.3 is 5.97 Å². The van der Waals surface area contributed by atoms with Crippen LogP contribution in [-0.2, 0) is 20.7 Å². The summed E-state index contributed by atoms with van der Waals surface area (Å²) in [5.41, 5.74) is 6.45. The smallest absolute Gasteiger partial charge is 0.322 e. The number of benzene rings is 1. The van der Waals surface area contributed by atoms with Gasteiger partial charge in [-0.15, -0.1) is 0 Å². The largest absolute Gasteiger partial charge is 0.508 e. The first-order valence-corrected chi connectivity index (χ1v) is 4.70. The molecule has 0 bridgehead atoms. The second kappa shape index (κ2) is 8.04. The summed E-state index contributed by atoms with van der Waals surface area (Å²) < 4.78 is 4.49. The third-order valence-electron chi connectivity index (χ3n) is 1.90. The van der Waals surface area contributed by atoms with Crippen LogP contribution in [0.5, 0.6) is 5.75 Å². The molecule has 0 radical (unpaired) electrons. The number of nitrogens with two attached hydrogens (primary N) is 1. The molecule has 0 saturated carbocycles. The van der Waals surface area contributed by atoms with E-state index in [1.165, 1.54) is 7.11 Å². The lowest BCUT2D eigenvalue weighted by molar-refractivity contribution is -0.142. The zero-order valence-corrected chi connectivity index (χ0v) is 9.34. The van der Waals surface area contributed by atoms with Crippen LogP contribution >= 0.6 is 0 Å². The van der Waals surface area contributed by atoms with Crippen molar-refractivity contribution < 1.29 is 19.4 Å². The Morgan fingerprint density at radius 1 is 1.53 bits per heavy atom. The Hall–Kier alpha value is -2.17. The molecule has 0 heterocycles. The van der Waals surface area contributed by atoms with Gasteiger partial charge in [0.25, 0.3) is 0 Å². The standard InChI is InChI=1S/C10H13NO3.CHNO/c1-14-10(13)9(11)6-7-2-4-8(12)5-3-7;2-1-3/h2-5,9,12H,6,11H2,1H3;2H/t9-;/m0./s1. The SMILES string of the molecule is COC(=O)[C@@H](N)Cc1ccc(O)cc1.N=C=O. The normalized spacial score (nSPS) is 10.5. The van der Waals surface area contributed by atoms with Gasteiger partial charge in [0.15, 0.2) is 0 Å². The average molecular weight is 238 g/mol. The van der Waals surface area contributed by atoms with Crippen LogP contribution in [0.4, 0.5) is 0 Å². The van der Waals surface area contributed by atoms with Crippen molar-refractivity contribution in [1.82, 2.24) is 0 Å². The summed E-state index contributed by atoms with van der Waals surface area (Å²) in [4.78, 5) is 19.3. The van der Waals surface area contributed by atoms with Gasteiger partial charge in [0.2, 0.25) is 6.08 Å². The second-order valence-corrected chi connectivity index (χ2v) is 3.10. The van der Waals surface area contributed by atoms with E-state index in [9.17, 15) is 4.79 Å². The second-order valence-electron chi connectivity index (χ2n) is 3.10. The van der Waals surface area contributed by atoms with Crippen molar-refractivity contribution in [2.75, 3.05) is 7.11 Å². The van der Waals surface area contributed by atoms with Gasteiger partial charge in [-0.1, -0.05) is 12.1 Å². The molecule has 0 aliphatic carbocycles. The van der Waals surface area contributed by atoms with E-state index in [4.69, 9.17) is 21.0 Å². The summed E-state index contributed by atoms with van der Waals surface area (Å²) in [7, 11) is 1.30. The van der Waals surface area contributed by atoms with Crippen LogP contribution in [0, 0.1) is 5.41 Å². The monoisotopic (exact) mass is 238 g/mol. The maximum atomic E-state index is 11.0. The highest BCUT2D eigenvalue weighted by atomic mass is 16.5. The van der Waals surface area contributed by atoms with E-state index in [1.807, 2.05) is 0 Å². The Morgan fingerprint density at radius 3 is 2.41 bits per heavy atom. The molecule has 1 rings (SSSR count). The lowest BCUT2D eigenvalue weighted by atomic mass is 10.1. The van der Waals surface area contributed by atoms with Crippen LogP contribution in [0.3, 0.4) is 0 Å². The van der Waals surface area contributed by atoms with Gasteiger partial charge in [0.05, 0.1) is 7.11 Å². The molecule has 0 amide bonds. The number of hydrogen-bond donors (Lipinski definition) is 3. The van der Waals surface area contributed by atoms with Gasteiger partial charge in [-0.3, -0.25) is 4.79 Å². The molecule has 6 heteroatoms. The molecular formula is C11H14N2O4. The van der Waals surface area contributed by atoms with Crippen molar-refractivity contribution in [2.45, 2.75) is 12.5 Å². The van der Waals surface area contributed by atoms with Crippen LogP contribution in [0.25, 0.3) is 0 Å². The topological polar surface area (TPSA) is 113 Å². The Balaban J connectivity index is 0.000000770. The van der Waals surface area contributed by atoms with Crippen LogP contribution in [0.2, 0.25) is 0 Å². The van der Waals surface area contributed by atoms with Crippen LogP contribution in [0.1, 0.15) is 5.56 Å². The van der Waals surface area contributed by atoms with Crippen LogP contribution in [-0.4, -0.2) is 30.3 Å². The Morgan fingerprint density at radius 2 is 2.00 bits per heavy atom. The summed E-state index contributed by atoms with van der Waals surface area (Å²) >= 11 is 0. The lowest BCUT2D eigenvalue weighted by Gasteiger charge is -2.08. The highest BCUT2D eigenvalue weighted by Gasteiger charge is 2.13. The summed E-state index contributed by atoms with van der Waals surface area (Å²) in [5, 5.41) is 14.4. The van der Waals surface area contributed by atoms with Gasteiger partial charge in [0, 0.05) is 0 Å². The molecule has 1 aromatic rings. The fraction of sp³-hybridized carbons (Fsp3) is 0.273. The predicted octanol–water partition coefficient (Wildman–Crippen LogP) is 0.336. The minimum atomic E-state index is -0.649. The maximum Gasteiger partial charge on any atom is 0.322 e. The fourth-order valence-electron chi connectivity index (χ4n) is 1.12. The molecule has 0 aliphatic heterocycles.